The zero-order valence-electron chi connectivity index (χ0n) is 8.80. The second-order valence-corrected chi connectivity index (χ2v) is 5.87. The smallest absolute Gasteiger partial charge is 0.161 e. The molecule has 0 amide bonds. The maximum atomic E-state index is 4.54. The molecule has 1 N–H and O–H groups in total. The molecule has 1 aromatic heterocycles. The molecule has 0 aromatic carbocycles. The highest BCUT2D eigenvalue weighted by Gasteiger charge is 2.23. The zero-order valence-corrected chi connectivity index (χ0v) is 10.4. The number of hydrogen-bond donors (Lipinski definition) is 1. The van der Waals surface area contributed by atoms with Crippen LogP contribution in [0.5, 0.6) is 0 Å². The predicted molar refractivity (Wildman–Crippen MR) is 69.2 cm³/mol. The number of rotatable bonds is 0. The maximum absolute atomic E-state index is 4.54. The molecule has 0 radical (unpaired) electrons. The lowest BCUT2D eigenvalue weighted by molar-refractivity contribution is 0.691. The average Bonchev–Trinajstić information content (AvgIpc) is 2.66. The molecule has 0 saturated carbocycles. The summed E-state index contributed by atoms with van der Waals surface area (Å²) in [7, 11) is 0. The molecule has 0 atom stereocenters. The van der Waals surface area contributed by atoms with Gasteiger partial charge in [0, 0.05) is 10.4 Å². The third-order valence-electron chi connectivity index (χ3n) is 3.08. The van der Waals surface area contributed by atoms with Crippen molar-refractivity contribution in [2.75, 3.05) is 11.6 Å². The van der Waals surface area contributed by atoms with Crippen molar-refractivity contribution in [3.05, 3.63) is 16.0 Å². The molecular weight excluding hydrogens is 224 g/mol. The first-order valence-electron chi connectivity index (χ1n) is 5.37. The third kappa shape index (κ3) is 1.60. The third-order valence-corrected chi connectivity index (χ3v) is 4.94. The standard InChI is InChI=1S/C11H14N2S2/c1-14-11-12-6-8-7-4-2-3-5-9(7)15-10(8)13-11/h2-6H2,1H3,(H,12,13). The topological polar surface area (TPSA) is 24.4 Å². The fourth-order valence-electron chi connectivity index (χ4n) is 2.30. The van der Waals surface area contributed by atoms with E-state index in [0.29, 0.717) is 0 Å². The van der Waals surface area contributed by atoms with Crippen LogP contribution in [0.3, 0.4) is 0 Å². The van der Waals surface area contributed by atoms with E-state index in [1.807, 2.05) is 11.3 Å². The molecule has 0 spiro atoms. The molecule has 0 fully saturated rings. The SMILES string of the molecule is CSC1=NCc2c(sc3c2CCCC3)N1. The van der Waals surface area contributed by atoms with Crippen LogP contribution < -0.4 is 5.32 Å². The maximum Gasteiger partial charge on any atom is 0.161 e. The highest BCUT2D eigenvalue weighted by atomic mass is 32.2. The first kappa shape index (κ1) is 9.73. The molecule has 2 aliphatic rings. The Morgan fingerprint density at radius 3 is 3.00 bits per heavy atom. The van der Waals surface area contributed by atoms with E-state index in [1.165, 1.54) is 36.2 Å². The monoisotopic (exact) mass is 238 g/mol. The second kappa shape index (κ2) is 3.83. The van der Waals surface area contributed by atoms with Gasteiger partial charge in [0.2, 0.25) is 0 Å². The minimum absolute atomic E-state index is 0.893. The first-order valence-corrected chi connectivity index (χ1v) is 7.41. The van der Waals surface area contributed by atoms with Crippen LogP contribution in [-0.2, 0) is 19.4 Å². The van der Waals surface area contributed by atoms with E-state index in [9.17, 15) is 0 Å². The molecule has 2 heterocycles. The van der Waals surface area contributed by atoms with E-state index >= 15 is 0 Å². The van der Waals surface area contributed by atoms with Gasteiger partial charge < -0.3 is 5.32 Å². The molecule has 0 unspecified atom stereocenters. The van der Waals surface area contributed by atoms with Crippen LogP contribution in [0.2, 0.25) is 0 Å². The van der Waals surface area contributed by atoms with E-state index in [0.717, 1.165) is 11.7 Å². The van der Waals surface area contributed by atoms with Crippen molar-refractivity contribution in [2.45, 2.75) is 32.2 Å². The van der Waals surface area contributed by atoms with Crippen LogP contribution in [0.25, 0.3) is 0 Å². The van der Waals surface area contributed by atoms with E-state index in [-0.39, 0.29) is 0 Å². The molecular formula is C11H14N2S2. The van der Waals surface area contributed by atoms with Gasteiger partial charge in [-0.25, -0.2) is 0 Å². The number of nitrogens with one attached hydrogen (secondary N) is 1. The Kier molecular flexibility index (Phi) is 2.48. The Labute approximate surface area is 98.2 Å². The molecule has 1 aromatic rings. The van der Waals surface area contributed by atoms with Gasteiger partial charge >= 0.3 is 0 Å². The summed E-state index contributed by atoms with van der Waals surface area (Å²) in [6, 6.07) is 0. The van der Waals surface area contributed by atoms with Gasteiger partial charge in [0.1, 0.15) is 0 Å². The van der Waals surface area contributed by atoms with E-state index in [4.69, 9.17) is 0 Å². The van der Waals surface area contributed by atoms with Crippen molar-refractivity contribution in [2.24, 2.45) is 4.99 Å². The minimum Gasteiger partial charge on any atom is -0.326 e. The number of amidine groups is 1. The lowest BCUT2D eigenvalue weighted by Gasteiger charge is -2.15. The van der Waals surface area contributed by atoms with Gasteiger partial charge in [-0.3, -0.25) is 4.99 Å². The number of fused-ring (bicyclic) bond motifs is 3. The average molecular weight is 238 g/mol. The van der Waals surface area contributed by atoms with Gasteiger partial charge in [-0.2, -0.15) is 0 Å². The molecule has 0 saturated heterocycles. The van der Waals surface area contributed by atoms with Crippen LogP contribution in [0.15, 0.2) is 4.99 Å². The van der Waals surface area contributed by atoms with Crippen LogP contribution in [0.4, 0.5) is 5.00 Å². The fraction of sp³-hybridized carbons (Fsp3) is 0.545. The van der Waals surface area contributed by atoms with Crippen molar-refractivity contribution < 1.29 is 0 Å². The lowest BCUT2D eigenvalue weighted by Crippen LogP contribution is -2.13. The summed E-state index contributed by atoms with van der Waals surface area (Å²) in [5.41, 5.74) is 3.09. The first-order chi connectivity index (χ1) is 7.38. The summed E-state index contributed by atoms with van der Waals surface area (Å²) >= 11 is 3.65. The van der Waals surface area contributed by atoms with Gasteiger partial charge in [-0.05, 0) is 37.5 Å². The molecule has 1 aliphatic carbocycles. The summed E-state index contributed by atoms with van der Waals surface area (Å²) in [6.07, 6.45) is 7.35. The predicted octanol–water partition coefficient (Wildman–Crippen LogP) is 3.27. The van der Waals surface area contributed by atoms with E-state index in [1.54, 1.807) is 22.2 Å². The summed E-state index contributed by atoms with van der Waals surface area (Å²) in [6.45, 7) is 0.893. The number of hydrogen-bond acceptors (Lipinski definition) is 4. The quantitative estimate of drug-likeness (QED) is 0.750. The van der Waals surface area contributed by atoms with E-state index in [2.05, 4.69) is 16.6 Å². The van der Waals surface area contributed by atoms with Crippen molar-refractivity contribution in [3.8, 4) is 0 Å². The van der Waals surface area contributed by atoms with Crippen LogP contribution in [-0.4, -0.2) is 11.4 Å². The lowest BCUT2D eigenvalue weighted by atomic mass is 9.95. The van der Waals surface area contributed by atoms with Crippen LogP contribution in [0.1, 0.15) is 28.8 Å². The van der Waals surface area contributed by atoms with Gasteiger partial charge in [0.05, 0.1) is 11.5 Å². The Morgan fingerprint density at radius 1 is 1.27 bits per heavy atom. The number of anilines is 1. The minimum atomic E-state index is 0.893. The van der Waals surface area contributed by atoms with Gasteiger partial charge in [0.15, 0.2) is 5.17 Å². The molecule has 2 nitrogen and oxygen atoms in total. The summed E-state index contributed by atoms with van der Waals surface area (Å²) in [5, 5.41) is 5.87. The molecule has 4 heteroatoms. The highest BCUT2D eigenvalue weighted by Crippen LogP contribution is 2.40. The van der Waals surface area contributed by atoms with Crippen molar-refractivity contribution in [1.29, 1.82) is 0 Å². The number of thioether (sulfide) groups is 1. The Hall–Kier alpha value is -0.480. The largest absolute Gasteiger partial charge is 0.326 e. The number of thiophene rings is 1. The zero-order chi connectivity index (χ0) is 10.3. The van der Waals surface area contributed by atoms with Crippen LogP contribution in [0, 0.1) is 0 Å². The Balaban J connectivity index is 1.99. The van der Waals surface area contributed by atoms with Gasteiger partial charge in [-0.1, -0.05) is 11.8 Å². The molecule has 0 bridgehead atoms. The normalized spacial score (nSPS) is 18.9. The number of aliphatic imine (C=N–C) groups is 1. The fourth-order valence-corrected chi connectivity index (χ4v) is 4.06. The highest BCUT2D eigenvalue weighted by molar-refractivity contribution is 8.13. The summed E-state index contributed by atoms with van der Waals surface area (Å²) in [5.74, 6) is 0. The summed E-state index contributed by atoms with van der Waals surface area (Å²) in [4.78, 5) is 6.15. The molecule has 15 heavy (non-hydrogen) atoms. The van der Waals surface area contributed by atoms with Crippen molar-refractivity contribution >= 4 is 33.3 Å². The van der Waals surface area contributed by atoms with Crippen LogP contribution >= 0.6 is 23.1 Å². The second-order valence-electron chi connectivity index (χ2n) is 3.97. The summed E-state index contributed by atoms with van der Waals surface area (Å²) < 4.78 is 0. The Morgan fingerprint density at radius 2 is 2.13 bits per heavy atom. The van der Waals surface area contributed by atoms with Crippen molar-refractivity contribution in [1.82, 2.24) is 0 Å². The number of aryl methyl sites for hydroxylation is 1. The molecule has 3 rings (SSSR count). The number of nitrogens with zero attached hydrogens (tertiary/aromatic N) is 1. The van der Waals surface area contributed by atoms with Gasteiger partial charge in [0.25, 0.3) is 0 Å². The van der Waals surface area contributed by atoms with Crippen molar-refractivity contribution in [3.63, 3.8) is 0 Å². The Bertz CT molecular complexity index is 420. The molecule has 80 valence electrons. The van der Waals surface area contributed by atoms with Gasteiger partial charge in [-0.15, -0.1) is 11.3 Å². The molecule has 1 aliphatic heterocycles. The van der Waals surface area contributed by atoms with E-state index < -0.39 is 0 Å².